The number of hydrogen-bond acceptors (Lipinski definition) is 8. The molecule has 5 aromatic rings. The minimum atomic E-state index is -0.423. The van der Waals surface area contributed by atoms with Crippen LogP contribution in [0.1, 0.15) is 42.6 Å². The van der Waals surface area contributed by atoms with Gasteiger partial charge in [0.1, 0.15) is 23.1 Å². The molecule has 1 aliphatic carbocycles. The Balaban J connectivity index is 1.15. The zero-order valence-electron chi connectivity index (χ0n) is 21.8. The molecule has 200 valence electrons. The van der Waals surface area contributed by atoms with Gasteiger partial charge in [-0.2, -0.15) is 0 Å². The van der Waals surface area contributed by atoms with Gasteiger partial charge in [-0.25, -0.2) is 9.37 Å². The van der Waals surface area contributed by atoms with E-state index >= 15 is 4.39 Å². The number of anilines is 1. The van der Waals surface area contributed by atoms with Crippen molar-refractivity contribution in [1.29, 1.82) is 0 Å². The summed E-state index contributed by atoms with van der Waals surface area (Å²) in [5.74, 6) is 0.826. The van der Waals surface area contributed by atoms with Gasteiger partial charge in [0.25, 0.3) is 0 Å². The third-order valence-corrected chi connectivity index (χ3v) is 8.17. The van der Waals surface area contributed by atoms with Gasteiger partial charge < -0.3 is 19.6 Å². The summed E-state index contributed by atoms with van der Waals surface area (Å²) in [4.78, 5) is 28.4. The number of rotatable bonds is 7. The van der Waals surface area contributed by atoms with E-state index in [1.165, 1.54) is 25.7 Å². The predicted octanol–water partition coefficient (Wildman–Crippen LogP) is 5.09. The monoisotopic (exact) mass is 534 g/mol. The molecule has 1 saturated carbocycles. The highest BCUT2D eigenvalue weighted by molar-refractivity contribution is 6.17. The minimum Gasteiger partial charge on any atom is -0.472 e. The molecule has 0 amide bonds. The number of imidazole rings is 1. The van der Waals surface area contributed by atoms with E-state index in [1.807, 2.05) is 23.2 Å². The average Bonchev–Trinajstić information content (AvgIpc) is 3.39. The summed E-state index contributed by atoms with van der Waals surface area (Å²) >= 11 is 0. The number of nitrogens with one attached hydrogen (secondary N) is 2. The fraction of sp³-hybridized carbons (Fsp3) is 0.300. The van der Waals surface area contributed by atoms with Crippen LogP contribution in [0, 0.1) is 11.7 Å². The lowest BCUT2D eigenvalue weighted by molar-refractivity contribution is 0.489. The number of aromatic nitrogens is 5. The SMILES string of the molecule is Fc1c(-c2cncc(CNCC3CCCC3)c2)ncc2c1C(c1nc3c(-c4ccoc4)cncc3[nH]1)=NC1CN21. The van der Waals surface area contributed by atoms with Gasteiger partial charge in [0.15, 0.2) is 11.6 Å². The van der Waals surface area contributed by atoms with Crippen LogP contribution in [-0.2, 0) is 6.54 Å². The Morgan fingerprint density at radius 3 is 2.85 bits per heavy atom. The van der Waals surface area contributed by atoms with Crippen molar-refractivity contribution in [2.45, 2.75) is 38.4 Å². The lowest BCUT2D eigenvalue weighted by Gasteiger charge is -2.19. The van der Waals surface area contributed by atoms with Crippen molar-refractivity contribution in [1.82, 2.24) is 30.2 Å². The first-order chi connectivity index (χ1) is 19.7. The van der Waals surface area contributed by atoms with Crippen molar-refractivity contribution in [3.63, 3.8) is 0 Å². The van der Waals surface area contributed by atoms with E-state index in [9.17, 15) is 0 Å². The second kappa shape index (κ2) is 9.34. The third-order valence-electron chi connectivity index (χ3n) is 8.17. The molecule has 3 aliphatic rings. The van der Waals surface area contributed by atoms with Gasteiger partial charge in [-0.05, 0) is 43.0 Å². The van der Waals surface area contributed by atoms with Crippen molar-refractivity contribution >= 4 is 22.4 Å². The van der Waals surface area contributed by atoms with E-state index in [0.717, 1.165) is 52.4 Å². The molecule has 7 heterocycles. The van der Waals surface area contributed by atoms with Crippen LogP contribution in [0.2, 0.25) is 0 Å². The van der Waals surface area contributed by atoms with Crippen LogP contribution in [0.5, 0.6) is 0 Å². The summed E-state index contributed by atoms with van der Waals surface area (Å²) in [7, 11) is 0. The fourth-order valence-corrected chi connectivity index (χ4v) is 6.04. The lowest BCUT2D eigenvalue weighted by Crippen LogP contribution is -2.21. The van der Waals surface area contributed by atoms with Crippen molar-refractivity contribution in [3.05, 3.63) is 78.4 Å². The fourth-order valence-electron chi connectivity index (χ4n) is 6.04. The number of furan rings is 1. The lowest BCUT2D eigenvalue weighted by atomic mass is 10.0. The van der Waals surface area contributed by atoms with Gasteiger partial charge in [-0.15, -0.1) is 0 Å². The summed E-state index contributed by atoms with van der Waals surface area (Å²) in [5.41, 5.74) is 6.71. The summed E-state index contributed by atoms with van der Waals surface area (Å²) in [6.07, 6.45) is 17.2. The Kier molecular flexibility index (Phi) is 5.47. The van der Waals surface area contributed by atoms with Gasteiger partial charge in [0.05, 0.1) is 48.2 Å². The summed E-state index contributed by atoms with van der Waals surface area (Å²) in [6, 6.07) is 3.83. The topological polar surface area (TPSA) is 108 Å². The molecule has 5 aromatic heterocycles. The van der Waals surface area contributed by atoms with Crippen LogP contribution in [0.25, 0.3) is 33.4 Å². The number of aromatic amines is 1. The standard InChI is InChI=1S/C30H27FN8O/c31-26-25-23(14-35-27(26)20-7-18(10-33-11-20)9-32-8-17-3-1-2-4-17)39-15-24(39)37-29(25)30-36-22-13-34-12-21(28(22)38-30)19-5-6-40-16-19/h5-7,10-14,16-17,24,32H,1-4,8-9,15H2,(H,36,38). The maximum Gasteiger partial charge on any atom is 0.161 e. The number of nitrogens with zero attached hydrogens (tertiary/aromatic N) is 6. The van der Waals surface area contributed by atoms with E-state index in [-0.39, 0.29) is 11.9 Å². The first kappa shape index (κ1) is 23.4. The van der Waals surface area contributed by atoms with Crippen LogP contribution in [0.4, 0.5) is 10.1 Å². The van der Waals surface area contributed by atoms with E-state index < -0.39 is 5.82 Å². The Hall–Kier alpha value is -4.44. The van der Waals surface area contributed by atoms with E-state index in [2.05, 4.69) is 25.3 Å². The van der Waals surface area contributed by atoms with E-state index in [0.29, 0.717) is 29.2 Å². The van der Waals surface area contributed by atoms with Crippen LogP contribution in [-0.4, -0.2) is 49.9 Å². The van der Waals surface area contributed by atoms with Gasteiger partial charge in [-0.3, -0.25) is 19.9 Å². The summed E-state index contributed by atoms with van der Waals surface area (Å²) < 4.78 is 21.7. The van der Waals surface area contributed by atoms with Gasteiger partial charge >= 0.3 is 0 Å². The average molecular weight is 535 g/mol. The molecule has 40 heavy (non-hydrogen) atoms. The number of hydrogen-bond donors (Lipinski definition) is 2. The molecule has 10 heteroatoms. The number of pyridine rings is 3. The number of halogens is 1. The molecular weight excluding hydrogens is 507 g/mol. The van der Waals surface area contributed by atoms with Crippen molar-refractivity contribution < 1.29 is 8.81 Å². The minimum absolute atomic E-state index is 0.0369. The second-order valence-corrected chi connectivity index (χ2v) is 10.8. The maximum absolute atomic E-state index is 16.4. The zero-order chi connectivity index (χ0) is 26.6. The van der Waals surface area contributed by atoms with E-state index in [1.54, 1.807) is 37.3 Å². The molecule has 9 nitrogen and oxygen atoms in total. The molecule has 1 unspecified atom stereocenters. The summed E-state index contributed by atoms with van der Waals surface area (Å²) in [5, 5.41) is 3.55. The number of fused-ring (bicyclic) bond motifs is 4. The van der Waals surface area contributed by atoms with Crippen LogP contribution in [0.15, 0.2) is 65.1 Å². The predicted molar refractivity (Wildman–Crippen MR) is 149 cm³/mol. The zero-order valence-corrected chi connectivity index (χ0v) is 21.8. The number of H-pyrrole nitrogens is 1. The smallest absolute Gasteiger partial charge is 0.161 e. The van der Waals surface area contributed by atoms with Crippen LogP contribution in [0.3, 0.4) is 0 Å². The molecule has 2 aliphatic heterocycles. The first-order valence-corrected chi connectivity index (χ1v) is 13.8. The molecule has 0 spiro atoms. The van der Waals surface area contributed by atoms with Crippen LogP contribution >= 0.6 is 0 Å². The highest BCUT2D eigenvalue weighted by Crippen LogP contribution is 2.41. The Morgan fingerprint density at radius 2 is 1.98 bits per heavy atom. The van der Waals surface area contributed by atoms with Crippen molar-refractivity contribution in [3.8, 4) is 22.4 Å². The first-order valence-electron chi connectivity index (χ1n) is 13.8. The maximum atomic E-state index is 16.4. The van der Waals surface area contributed by atoms with Crippen molar-refractivity contribution in [2.24, 2.45) is 10.9 Å². The quantitative estimate of drug-likeness (QED) is 0.280. The van der Waals surface area contributed by atoms with E-state index in [4.69, 9.17) is 14.4 Å². The normalized spacial score (nSPS) is 18.2. The van der Waals surface area contributed by atoms with Gasteiger partial charge in [0.2, 0.25) is 0 Å². The summed E-state index contributed by atoms with van der Waals surface area (Å²) in [6.45, 7) is 2.42. The van der Waals surface area contributed by atoms with Gasteiger partial charge in [0, 0.05) is 41.8 Å². The largest absolute Gasteiger partial charge is 0.472 e. The molecule has 2 fully saturated rings. The third kappa shape index (κ3) is 3.98. The molecule has 8 rings (SSSR count). The van der Waals surface area contributed by atoms with Crippen LogP contribution < -0.4 is 10.2 Å². The molecule has 1 atom stereocenters. The number of aliphatic imine (C=N–C) groups is 1. The molecule has 0 aromatic carbocycles. The molecule has 1 saturated heterocycles. The highest BCUT2D eigenvalue weighted by atomic mass is 19.1. The molecular formula is C30H27FN8O. The molecule has 0 bridgehead atoms. The molecule has 0 radical (unpaired) electrons. The molecule has 2 N–H and O–H groups in total. The van der Waals surface area contributed by atoms with Gasteiger partial charge in [-0.1, -0.05) is 12.8 Å². The Morgan fingerprint density at radius 1 is 1.07 bits per heavy atom. The van der Waals surface area contributed by atoms with Crippen molar-refractivity contribution in [2.75, 3.05) is 18.0 Å². The Labute approximate surface area is 229 Å². The highest BCUT2D eigenvalue weighted by Gasteiger charge is 2.43. The Bertz CT molecular complexity index is 1760. The second-order valence-electron chi connectivity index (χ2n) is 10.8.